The SMILES string of the molecule is CC1=C2CCc3ccc(F)cc3C2=IN2C1=C(c1c(C)cc(OC(=O)CCCc3ccc4c5cccc6cccc(c7cccc3c74)c65)cc1C)c1c(C)c3c(n1[B-]2(F)F)-c1cc(F)ccc1CC3. The molecule has 0 saturated carbocycles. The number of ether oxygens (including phenoxy) is 1. The molecule has 0 fully saturated rings. The second kappa shape index (κ2) is 15.5. The van der Waals surface area contributed by atoms with Gasteiger partial charge < -0.3 is 20.9 Å². The molecule has 0 atom stereocenters. The van der Waals surface area contributed by atoms with Gasteiger partial charge in [0.15, 0.2) is 0 Å². The van der Waals surface area contributed by atoms with E-state index in [4.69, 9.17) is 4.74 Å². The summed E-state index contributed by atoms with van der Waals surface area (Å²) in [5, 5.41) is 9.91. The van der Waals surface area contributed by atoms with Crippen molar-refractivity contribution in [3.63, 3.8) is 0 Å². The summed E-state index contributed by atoms with van der Waals surface area (Å²) in [7, 11) is 0. The van der Waals surface area contributed by atoms with Crippen molar-refractivity contribution >= 4 is 86.1 Å². The van der Waals surface area contributed by atoms with Gasteiger partial charge in [0.05, 0.1) is 0 Å². The average molecular weight is 1030 g/mol. The van der Waals surface area contributed by atoms with Crippen molar-refractivity contribution in [2.45, 2.75) is 72.6 Å². The lowest BCUT2D eigenvalue weighted by atomic mass is 9.79. The molecule has 13 rings (SSSR count). The molecule has 4 nitrogen and oxygen atoms in total. The van der Waals surface area contributed by atoms with E-state index in [0.717, 1.165) is 59.2 Å². The Labute approximate surface area is 407 Å². The third kappa shape index (κ3) is 6.25. The normalized spacial score (nSPS) is 16.0. The summed E-state index contributed by atoms with van der Waals surface area (Å²) >= 11 is -1.56. The summed E-state index contributed by atoms with van der Waals surface area (Å²) in [5.74, 6) is -0.787. The van der Waals surface area contributed by atoms with Gasteiger partial charge in [0.1, 0.15) is 17.4 Å². The number of esters is 1. The van der Waals surface area contributed by atoms with E-state index < -0.39 is 33.8 Å². The number of aryl methyl sites for hydroxylation is 5. The average Bonchev–Trinajstić information content (AvgIpc) is 3.64. The van der Waals surface area contributed by atoms with Crippen LogP contribution in [0.3, 0.4) is 0 Å². The number of allylic oxidation sites excluding steroid dienone is 2. The Hall–Kier alpha value is -6.53. The topological polar surface area (TPSA) is 34.5 Å². The zero-order valence-corrected chi connectivity index (χ0v) is 40.8. The molecule has 0 N–H and O–H groups in total. The number of rotatable bonds is 6. The standard InChI is InChI=1S/C59H45BF4IN2O2/c1-31-27-41(69-51(68)16-7-9-35-21-26-48-46-14-6-11-38-10-5-13-45(53(38)46)47-15-8-12-44(35)54(47)48)28-32(2)52(31)55-57-34(4)43-25-20-37-18-23-40(62)30-50(37)59(43)66(57)60(63,64)67-58(55)33(3)42-24-19-36-17-22-39(61)29-49(36)56(42)65-67/h5-6,8,10-15,17-18,21-23,26-30H,7,9,16,19-20,24-25H2,1-4H3/q-1. The fraction of sp³-hybridized carbons (Fsp3) is 0.186. The summed E-state index contributed by atoms with van der Waals surface area (Å²) in [6.07, 6.45) is 4.05. The number of hydrogen-bond donors (Lipinski definition) is 0. The van der Waals surface area contributed by atoms with Crippen LogP contribution >= 0.6 is 21.0 Å². The number of halogens is 5. The first-order valence-electron chi connectivity index (χ1n) is 23.9. The Morgan fingerprint density at radius 3 is 2.03 bits per heavy atom. The van der Waals surface area contributed by atoms with E-state index in [-0.39, 0.29) is 18.2 Å². The van der Waals surface area contributed by atoms with Crippen LogP contribution in [0.1, 0.15) is 82.0 Å². The number of nitrogens with zero attached hydrogens (tertiary/aromatic N) is 2. The first-order valence-corrected chi connectivity index (χ1v) is 25.9. The molecule has 10 heteroatoms. The molecule has 342 valence electrons. The molecular formula is C59H45BF4IN2O2-. The van der Waals surface area contributed by atoms with Gasteiger partial charge in [-0.25, -0.2) is 8.78 Å². The van der Waals surface area contributed by atoms with Crippen LogP contribution in [-0.4, -0.2) is 24.0 Å². The number of aromatic nitrogens is 1. The highest BCUT2D eigenvalue weighted by Crippen LogP contribution is 2.56. The van der Waals surface area contributed by atoms with Gasteiger partial charge in [-0.3, -0.25) is 4.79 Å². The van der Waals surface area contributed by atoms with Gasteiger partial charge in [0, 0.05) is 38.2 Å². The maximum Gasteiger partial charge on any atom is 0.537 e. The van der Waals surface area contributed by atoms with Crippen molar-refractivity contribution in [1.82, 2.24) is 7.50 Å². The third-order valence-corrected chi connectivity index (χ3v) is 18.8. The van der Waals surface area contributed by atoms with Crippen molar-refractivity contribution in [1.29, 1.82) is 0 Å². The number of carbonyl (C=O) groups excluding carboxylic acids is 1. The molecule has 4 aliphatic rings. The molecule has 0 spiro atoms. The van der Waals surface area contributed by atoms with Crippen LogP contribution in [0.5, 0.6) is 5.75 Å². The second-order valence-electron chi connectivity index (χ2n) is 19.4. The van der Waals surface area contributed by atoms with Gasteiger partial charge in [-0.15, -0.1) is 0 Å². The molecule has 0 radical (unpaired) electrons. The highest BCUT2D eigenvalue weighted by atomic mass is 127. The molecule has 8 aromatic carbocycles. The number of hydrogen-bond acceptors (Lipinski definition) is 3. The van der Waals surface area contributed by atoms with Gasteiger partial charge in [0.2, 0.25) is 0 Å². The summed E-state index contributed by atoms with van der Waals surface area (Å²) in [4.78, 5) is 13.7. The largest absolute Gasteiger partial charge is 0.537 e. The summed E-state index contributed by atoms with van der Waals surface area (Å²) in [6, 6.07) is 36.9. The van der Waals surface area contributed by atoms with Crippen LogP contribution in [0.15, 0.2) is 132 Å². The van der Waals surface area contributed by atoms with E-state index in [2.05, 4.69) is 66.7 Å². The molecule has 69 heavy (non-hydrogen) atoms. The predicted molar refractivity (Wildman–Crippen MR) is 281 cm³/mol. The molecule has 0 unspecified atom stereocenters. The monoisotopic (exact) mass is 1030 g/mol. The molecule has 2 aliphatic heterocycles. The van der Waals surface area contributed by atoms with Crippen molar-refractivity contribution in [3.8, 4) is 17.0 Å². The molecule has 0 amide bonds. The van der Waals surface area contributed by atoms with Crippen LogP contribution in [0, 0.1) is 32.4 Å². The van der Waals surface area contributed by atoms with Crippen LogP contribution < -0.4 is 4.74 Å². The Morgan fingerprint density at radius 1 is 0.681 bits per heavy atom. The van der Waals surface area contributed by atoms with Crippen LogP contribution in [0.25, 0.3) is 59.9 Å². The summed E-state index contributed by atoms with van der Waals surface area (Å²) in [6.45, 7) is 3.33. The maximum atomic E-state index is 18.1. The molecule has 0 bridgehead atoms. The van der Waals surface area contributed by atoms with E-state index in [1.54, 1.807) is 12.1 Å². The lowest BCUT2D eigenvalue weighted by Gasteiger charge is -2.50. The molecule has 9 aromatic rings. The second-order valence-corrected chi connectivity index (χ2v) is 22.0. The van der Waals surface area contributed by atoms with E-state index in [9.17, 15) is 9.18 Å². The fourth-order valence-electron chi connectivity index (χ4n) is 12.5. The van der Waals surface area contributed by atoms with Crippen molar-refractivity contribution < 1.29 is 26.9 Å². The molecular weight excluding hydrogens is 982 g/mol. The van der Waals surface area contributed by atoms with Crippen molar-refractivity contribution in [2.24, 2.45) is 0 Å². The zero-order chi connectivity index (χ0) is 47.2. The Balaban J connectivity index is 0.869. The fourth-order valence-corrected chi connectivity index (χ4v) is 16.2. The number of fused-ring (bicyclic) bond motifs is 11. The Morgan fingerprint density at radius 2 is 1.30 bits per heavy atom. The Bertz CT molecular complexity index is 3810. The van der Waals surface area contributed by atoms with Crippen molar-refractivity contribution in [2.75, 3.05) is 0 Å². The maximum absolute atomic E-state index is 18.1. The lowest BCUT2D eigenvalue weighted by Crippen LogP contribution is -2.53. The lowest BCUT2D eigenvalue weighted by molar-refractivity contribution is -0.134. The van der Waals surface area contributed by atoms with Gasteiger partial charge in [-0.2, -0.15) is 0 Å². The zero-order valence-electron chi connectivity index (χ0n) is 38.6. The highest BCUT2D eigenvalue weighted by Gasteiger charge is 2.49. The summed E-state index contributed by atoms with van der Waals surface area (Å²) < 4.78 is 75.8. The minimum absolute atomic E-state index is 0.217. The van der Waals surface area contributed by atoms with E-state index in [1.165, 1.54) is 80.4 Å². The minimum Gasteiger partial charge on any atom is -0.439 e. The van der Waals surface area contributed by atoms with E-state index in [1.807, 2.05) is 39.8 Å². The van der Waals surface area contributed by atoms with Gasteiger partial charge >= 0.3 is 12.9 Å². The van der Waals surface area contributed by atoms with E-state index >= 15 is 13.0 Å². The van der Waals surface area contributed by atoms with Gasteiger partial charge in [0.25, 0.3) is 0 Å². The van der Waals surface area contributed by atoms with Crippen LogP contribution in [-0.2, 0) is 30.5 Å². The van der Waals surface area contributed by atoms with Crippen LogP contribution in [0.4, 0.5) is 17.4 Å². The first-order chi connectivity index (χ1) is 33.4. The highest BCUT2D eigenvalue weighted by molar-refractivity contribution is 14.2. The molecule has 1 aromatic heterocycles. The smallest absolute Gasteiger partial charge is 0.439 e. The number of carbonyl (C=O) groups is 1. The van der Waals surface area contributed by atoms with Crippen LogP contribution in [0.2, 0.25) is 0 Å². The minimum atomic E-state index is -4.46. The van der Waals surface area contributed by atoms with Gasteiger partial charge in [-0.05, 0) is 228 Å². The van der Waals surface area contributed by atoms with Crippen molar-refractivity contribution in [3.05, 3.63) is 200 Å². The number of benzene rings is 8. The van der Waals surface area contributed by atoms with E-state index in [0.29, 0.717) is 72.5 Å². The molecule has 3 heterocycles. The quantitative estimate of drug-likeness (QED) is 0.0243. The Kier molecular flexibility index (Phi) is 9.56. The van der Waals surface area contributed by atoms with Gasteiger partial charge in [-0.1, -0.05) is 78.9 Å². The third-order valence-electron chi connectivity index (χ3n) is 15.4. The molecule has 0 saturated heterocycles. The molecule has 2 aliphatic carbocycles. The first kappa shape index (κ1) is 42.6. The summed E-state index contributed by atoms with van der Waals surface area (Å²) in [5.41, 5.74) is 12.0. The predicted octanol–water partition coefficient (Wildman–Crippen LogP) is 15.1.